The van der Waals surface area contributed by atoms with E-state index in [9.17, 15) is 9.59 Å². The minimum absolute atomic E-state index is 0.0815. The van der Waals surface area contributed by atoms with E-state index in [1.54, 1.807) is 23.9 Å². The summed E-state index contributed by atoms with van der Waals surface area (Å²) in [7, 11) is 2.83. The number of ether oxygens (including phenoxy) is 1. The molecule has 0 atom stereocenters. The number of carbonyl (C=O) groups excluding carboxylic acids is 2. The van der Waals surface area contributed by atoms with E-state index in [2.05, 4.69) is 4.74 Å². The summed E-state index contributed by atoms with van der Waals surface area (Å²) in [5.41, 5.74) is 0.462. The number of amides is 1. The highest BCUT2D eigenvalue weighted by atomic mass is 35.5. The average molecular weight is 259 g/mol. The van der Waals surface area contributed by atoms with Gasteiger partial charge in [-0.15, -0.1) is 0 Å². The molecule has 17 heavy (non-hydrogen) atoms. The van der Waals surface area contributed by atoms with Crippen molar-refractivity contribution in [2.75, 3.05) is 20.7 Å². The third-order valence-electron chi connectivity index (χ3n) is 2.36. The van der Waals surface area contributed by atoms with Gasteiger partial charge in [0.25, 0.3) is 5.91 Å². The van der Waals surface area contributed by atoms with E-state index in [1.165, 1.54) is 12.0 Å². The molecule has 0 N–H and O–H groups in total. The van der Waals surface area contributed by atoms with Crippen molar-refractivity contribution in [1.82, 2.24) is 9.47 Å². The van der Waals surface area contributed by atoms with E-state index >= 15 is 0 Å². The molecule has 94 valence electrons. The number of likely N-dealkylation sites (N-methyl/N-ethyl adjacent to an activating group) is 1. The van der Waals surface area contributed by atoms with Crippen LogP contribution in [0.2, 0.25) is 5.02 Å². The predicted octanol–water partition coefficient (Wildman–Crippen LogP) is 1.41. The molecule has 0 spiro atoms. The van der Waals surface area contributed by atoms with Crippen molar-refractivity contribution in [1.29, 1.82) is 0 Å². The van der Waals surface area contributed by atoms with E-state index < -0.39 is 5.97 Å². The molecule has 0 radical (unpaired) electrons. The summed E-state index contributed by atoms with van der Waals surface area (Å²) in [4.78, 5) is 24.4. The Kier molecular flexibility index (Phi) is 4.57. The first kappa shape index (κ1) is 13.6. The molecule has 1 amide bonds. The number of hydrogen-bond donors (Lipinski definition) is 0. The Balaban J connectivity index is 2.84. The Hall–Kier alpha value is -1.49. The van der Waals surface area contributed by atoms with Crippen LogP contribution in [0.1, 0.15) is 17.4 Å². The Morgan fingerprint density at radius 3 is 2.71 bits per heavy atom. The van der Waals surface area contributed by atoms with Crippen LogP contribution >= 0.6 is 11.6 Å². The molecule has 0 bridgehead atoms. The molecule has 0 unspecified atom stereocenters. The second-order valence-corrected chi connectivity index (χ2v) is 4.00. The highest BCUT2D eigenvalue weighted by Crippen LogP contribution is 2.15. The van der Waals surface area contributed by atoms with Gasteiger partial charge in [-0.1, -0.05) is 11.6 Å². The van der Waals surface area contributed by atoms with Crippen molar-refractivity contribution < 1.29 is 14.3 Å². The van der Waals surface area contributed by atoms with Gasteiger partial charge in [-0.2, -0.15) is 0 Å². The molecule has 0 aliphatic carbocycles. The number of aromatic nitrogens is 1. The van der Waals surface area contributed by atoms with Crippen molar-refractivity contribution in [3.63, 3.8) is 0 Å². The lowest BCUT2D eigenvalue weighted by Crippen LogP contribution is -2.33. The van der Waals surface area contributed by atoms with Crippen LogP contribution in [-0.4, -0.2) is 42.0 Å². The molecule has 0 saturated carbocycles. The first-order chi connectivity index (χ1) is 7.99. The third kappa shape index (κ3) is 3.23. The van der Waals surface area contributed by atoms with Crippen LogP contribution in [0.5, 0.6) is 0 Å². The largest absolute Gasteiger partial charge is 0.468 e. The van der Waals surface area contributed by atoms with E-state index in [-0.39, 0.29) is 12.5 Å². The maximum absolute atomic E-state index is 12.0. The van der Waals surface area contributed by atoms with Gasteiger partial charge in [-0.25, -0.2) is 0 Å². The second-order valence-electron chi connectivity index (χ2n) is 3.57. The number of hydrogen-bond acceptors (Lipinski definition) is 3. The van der Waals surface area contributed by atoms with Gasteiger partial charge in [0, 0.05) is 19.8 Å². The summed E-state index contributed by atoms with van der Waals surface area (Å²) in [6.07, 6.45) is 1.68. The van der Waals surface area contributed by atoms with Crippen LogP contribution in [0.3, 0.4) is 0 Å². The highest BCUT2D eigenvalue weighted by molar-refractivity contribution is 6.31. The third-order valence-corrected chi connectivity index (χ3v) is 2.57. The number of methoxy groups -OCH3 is 1. The van der Waals surface area contributed by atoms with Gasteiger partial charge in [-0.05, 0) is 13.0 Å². The number of esters is 1. The molecular formula is C11H15ClN2O3. The van der Waals surface area contributed by atoms with Gasteiger partial charge in [-0.3, -0.25) is 9.59 Å². The molecule has 0 saturated heterocycles. The lowest BCUT2D eigenvalue weighted by Gasteiger charge is -2.16. The van der Waals surface area contributed by atoms with E-state index in [0.717, 1.165) is 0 Å². The number of aryl methyl sites for hydroxylation is 1. The molecule has 0 aliphatic rings. The molecule has 1 heterocycles. The van der Waals surface area contributed by atoms with Gasteiger partial charge in [0.2, 0.25) is 0 Å². The first-order valence-electron chi connectivity index (χ1n) is 5.17. The first-order valence-corrected chi connectivity index (χ1v) is 5.55. The van der Waals surface area contributed by atoms with Gasteiger partial charge >= 0.3 is 5.97 Å². The quantitative estimate of drug-likeness (QED) is 0.768. The zero-order valence-corrected chi connectivity index (χ0v) is 10.8. The Morgan fingerprint density at radius 1 is 1.53 bits per heavy atom. The summed E-state index contributed by atoms with van der Waals surface area (Å²) in [5.74, 6) is -0.717. The smallest absolute Gasteiger partial charge is 0.325 e. The molecule has 0 aliphatic heterocycles. The Labute approximate surface area is 105 Å². The van der Waals surface area contributed by atoms with E-state index in [0.29, 0.717) is 17.3 Å². The molecular weight excluding hydrogens is 244 g/mol. The number of nitrogens with zero attached hydrogens (tertiary/aromatic N) is 2. The van der Waals surface area contributed by atoms with Crippen LogP contribution < -0.4 is 0 Å². The number of carbonyl (C=O) groups is 2. The molecule has 6 heteroatoms. The topological polar surface area (TPSA) is 51.5 Å². The minimum atomic E-state index is -0.457. The summed E-state index contributed by atoms with van der Waals surface area (Å²) in [6.45, 7) is 2.47. The maximum Gasteiger partial charge on any atom is 0.325 e. The van der Waals surface area contributed by atoms with Crippen LogP contribution in [0.25, 0.3) is 0 Å². The lowest BCUT2D eigenvalue weighted by molar-refractivity contribution is -0.141. The van der Waals surface area contributed by atoms with Gasteiger partial charge in [0.15, 0.2) is 0 Å². The summed E-state index contributed by atoms with van der Waals surface area (Å²) in [5, 5.41) is 0.502. The number of halogens is 1. The van der Waals surface area contributed by atoms with Crippen molar-refractivity contribution >= 4 is 23.5 Å². The fraction of sp³-hybridized carbons (Fsp3) is 0.455. The molecule has 1 aromatic heterocycles. The van der Waals surface area contributed by atoms with E-state index in [4.69, 9.17) is 11.6 Å². The summed E-state index contributed by atoms with van der Waals surface area (Å²) in [6, 6.07) is 1.58. The van der Waals surface area contributed by atoms with Crippen molar-refractivity contribution in [2.45, 2.75) is 13.5 Å². The molecule has 0 fully saturated rings. The van der Waals surface area contributed by atoms with Gasteiger partial charge < -0.3 is 14.2 Å². The molecule has 5 nitrogen and oxygen atoms in total. The second kappa shape index (κ2) is 5.72. The van der Waals surface area contributed by atoms with Crippen molar-refractivity contribution in [3.8, 4) is 0 Å². The molecule has 0 aromatic carbocycles. The zero-order valence-electron chi connectivity index (χ0n) is 10.1. The van der Waals surface area contributed by atoms with Crippen LogP contribution in [0, 0.1) is 0 Å². The maximum atomic E-state index is 12.0. The minimum Gasteiger partial charge on any atom is -0.468 e. The SMILES string of the molecule is CCn1cc(Cl)cc1C(=O)N(C)CC(=O)OC. The normalized spacial score (nSPS) is 10.1. The molecule has 1 rings (SSSR count). The summed E-state index contributed by atoms with van der Waals surface area (Å²) >= 11 is 5.84. The van der Waals surface area contributed by atoms with E-state index in [1.807, 2.05) is 6.92 Å². The standard InChI is InChI=1S/C11H15ClN2O3/c1-4-14-6-8(12)5-9(14)11(16)13(2)7-10(15)17-3/h5-6H,4,7H2,1-3H3. The van der Waals surface area contributed by atoms with Gasteiger partial charge in [0.05, 0.1) is 12.1 Å². The van der Waals surface area contributed by atoms with Gasteiger partial charge in [0.1, 0.15) is 12.2 Å². The molecule has 1 aromatic rings. The fourth-order valence-electron chi connectivity index (χ4n) is 1.44. The summed E-state index contributed by atoms with van der Waals surface area (Å²) < 4.78 is 6.24. The van der Waals surface area contributed by atoms with Crippen LogP contribution in [0.15, 0.2) is 12.3 Å². The van der Waals surface area contributed by atoms with Crippen molar-refractivity contribution in [3.05, 3.63) is 23.0 Å². The average Bonchev–Trinajstić information content (AvgIpc) is 2.69. The highest BCUT2D eigenvalue weighted by Gasteiger charge is 2.18. The number of rotatable bonds is 4. The van der Waals surface area contributed by atoms with Crippen LogP contribution in [-0.2, 0) is 16.1 Å². The Morgan fingerprint density at radius 2 is 2.18 bits per heavy atom. The monoisotopic (exact) mass is 258 g/mol. The van der Waals surface area contributed by atoms with Crippen molar-refractivity contribution in [2.24, 2.45) is 0 Å². The lowest BCUT2D eigenvalue weighted by atomic mass is 10.3. The van der Waals surface area contributed by atoms with Crippen LogP contribution in [0.4, 0.5) is 0 Å². The fourth-order valence-corrected chi connectivity index (χ4v) is 1.66. The predicted molar refractivity (Wildman–Crippen MR) is 64.1 cm³/mol. The zero-order chi connectivity index (χ0) is 13.0. The Bertz CT molecular complexity index is 428.